The van der Waals surface area contributed by atoms with Crippen molar-refractivity contribution in [2.45, 2.75) is 39.8 Å². The minimum absolute atomic E-state index is 0.186. The van der Waals surface area contributed by atoms with Crippen LogP contribution >= 0.6 is 0 Å². The van der Waals surface area contributed by atoms with Crippen molar-refractivity contribution in [3.05, 3.63) is 59.8 Å². The maximum Gasteiger partial charge on any atom is 0.330 e. The van der Waals surface area contributed by atoms with Crippen LogP contribution < -0.4 is 5.32 Å². The first-order valence-electron chi connectivity index (χ1n) is 8.93. The molecule has 0 heterocycles. The van der Waals surface area contributed by atoms with Crippen molar-refractivity contribution in [2.75, 3.05) is 20.7 Å². The molecule has 0 aliphatic rings. The van der Waals surface area contributed by atoms with E-state index in [1.165, 1.54) is 18.7 Å². The Morgan fingerprint density at radius 2 is 2.00 bits per heavy atom. The molecule has 1 atom stereocenters. The molecule has 0 saturated heterocycles. The minimum atomic E-state index is -0.364. The lowest BCUT2D eigenvalue weighted by Gasteiger charge is -2.20. The highest BCUT2D eigenvalue weighted by Crippen LogP contribution is 2.05. The number of amidine groups is 1. The van der Waals surface area contributed by atoms with Gasteiger partial charge in [-0.1, -0.05) is 43.3 Å². The molecule has 5 heteroatoms. The van der Waals surface area contributed by atoms with Gasteiger partial charge in [0.1, 0.15) is 5.84 Å². The molecule has 26 heavy (non-hydrogen) atoms. The molecule has 0 saturated carbocycles. The van der Waals surface area contributed by atoms with E-state index in [2.05, 4.69) is 60.1 Å². The maximum atomic E-state index is 11.1. The number of hydrogen-bond acceptors (Lipinski definition) is 4. The number of carbonyl (C=O) groups is 1. The van der Waals surface area contributed by atoms with E-state index in [4.69, 9.17) is 4.99 Å². The number of hydrogen-bond donors (Lipinski definition) is 1. The lowest BCUT2D eigenvalue weighted by atomic mass is 10.2. The Morgan fingerprint density at radius 3 is 2.62 bits per heavy atom. The van der Waals surface area contributed by atoms with E-state index in [9.17, 15) is 4.79 Å². The third kappa shape index (κ3) is 9.18. The molecule has 1 rings (SSSR count). The van der Waals surface area contributed by atoms with Gasteiger partial charge in [0, 0.05) is 31.8 Å². The Balaban J connectivity index is 2.55. The standard InChI is InChI=1S/C21H31N3O2/c1-6-20(22-14-17(2)12-13-21(25)26-5)23-18(3)15-24(4)16-19-10-8-7-9-11-19/h7-14,18H,6,15-16H2,1-5H3,(H,22,23)/b13-12+,17-14+/t18-/m1/s1. The molecule has 5 nitrogen and oxygen atoms in total. The number of nitrogens with one attached hydrogen (secondary N) is 1. The van der Waals surface area contributed by atoms with Crippen molar-refractivity contribution >= 4 is 11.8 Å². The summed E-state index contributed by atoms with van der Waals surface area (Å²) in [5.41, 5.74) is 2.22. The highest BCUT2D eigenvalue weighted by atomic mass is 16.5. The smallest absolute Gasteiger partial charge is 0.330 e. The summed E-state index contributed by atoms with van der Waals surface area (Å²) in [6.45, 7) is 7.89. The highest BCUT2D eigenvalue weighted by molar-refractivity contribution is 5.83. The molecular weight excluding hydrogens is 326 g/mol. The lowest BCUT2D eigenvalue weighted by molar-refractivity contribution is -0.134. The van der Waals surface area contributed by atoms with Gasteiger partial charge in [-0.25, -0.2) is 4.79 Å². The zero-order valence-electron chi connectivity index (χ0n) is 16.5. The van der Waals surface area contributed by atoms with E-state index in [1.807, 2.05) is 19.2 Å². The van der Waals surface area contributed by atoms with E-state index in [-0.39, 0.29) is 12.0 Å². The largest absolute Gasteiger partial charge is 0.466 e. The number of ether oxygens (including phenoxy) is 1. The number of allylic oxidation sites excluding steroid dienone is 2. The quantitative estimate of drug-likeness (QED) is 0.241. The molecule has 1 aromatic rings. The zero-order valence-corrected chi connectivity index (χ0v) is 16.5. The molecule has 0 aromatic heterocycles. The molecule has 0 spiro atoms. The number of likely N-dealkylation sites (N-methyl/N-ethyl adjacent to an activating group) is 1. The summed E-state index contributed by atoms with van der Waals surface area (Å²) in [5, 5.41) is 3.23. The first-order valence-corrected chi connectivity index (χ1v) is 8.93. The third-order valence-electron chi connectivity index (χ3n) is 3.73. The van der Waals surface area contributed by atoms with Crippen molar-refractivity contribution < 1.29 is 9.53 Å². The molecule has 0 fully saturated rings. The van der Waals surface area contributed by atoms with Gasteiger partial charge in [0.05, 0.1) is 13.2 Å². The number of carbonyl (C=O) groups excluding carboxylic acids is 1. The van der Waals surface area contributed by atoms with Crippen LogP contribution in [0.4, 0.5) is 0 Å². The lowest BCUT2D eigenvalue weighted by Crippen LogP contribution is -2.28. The predicted octanol–water partition coefficient (Wildman–Crippen LogP) is 3.54. The van der Waals surface area contributed by atoms with Crippen LogP contribution in [0.2, 0.25) is 0 Å². The molecule has 1 aromatic carbocycles. The maximum absolute atomic E-state index is 11.1. The van der Waals surface area contributed by atoms with Gasteiger partial charge in [-0.15, -0.1) is 0 Å². The Morgan fingerprint density at radius 1 is 1.31 bits per heavy atom. The summed E-state index contributed by atoms with van der Waals surface area (Å²) < 4.78 is 4.58. The average Bonchev–Trinajstić information content (AvgIpc) is 2.63. The van der Waals surface area contributed by atoms with Crippen LogP contribution in [0.15, 0.2) is 59.2 Å². The second-order valence-electron chi connectivity index (χ2n) is 6.35. The van der Waals surface area contributed by atoms with E-state index in [0.717, 1.165) is 30.9 Å². The normalized spacial score (nSPS) is 13.9. The van der Waals surface area contributed by atoms with Crippen LogP contribution in [0.1, 0.15) is 32.8 Å². The summed E-state index contributed by atoms with van der Waals surface area (Å²) in [7, 11) is 3.47. The predicted molar refractivity (Wildman–Crippen MR) is 108 cm³/mol. The molecule has 0 unspecified atom stereocenters. The van der Waals surface area contributed by atoms with Crippen LogP contribution in [0.5, 0.6) is 0 Å². The number of aliphatic imine (C=N–C) groups is 1. The van der Waals surface area contributed by atoms with Crippen LogP contribution in [0.3, 0.4) is 0 Å². The number of esters is 1. The van der Waals surface area contributed by atoms with E-state index in [0.29, 0.717) is 0 Å². The minimum Gasteiger partial charge on any atom is -0.466 e. The molecule has 142 valence electrons. The topological polar surface area (TPSA) is 53.9 Å². The SMILES string of the molecule is CCC(=N[C@H](C)CN(C)Cc1ccccc1)N/C=C(C)/C=C/C(=O)OC. The molecule has 0 bridgehead atoms. The molecule has 0 amide bonds. The van der Waals surface area contributed by atoms with Crippen LogP contribution in [0.25, 0.3) is 0 Å². The molecule has 0 aliphatic heterocycles. The van der Waals surface area contributed by atoms with Crippen molar-refractivity contribution in [3.63, 3.8) is 0 Å². The first kappa shape index (κ1) is 21.6. The summed E-state index contributed by atoms with van der Waals surface area (Å²) in [6.07, 6.45) is 5.78. The number of methoxy groups -OCH3 is 1. The summed E-state index contributed by atoms with van der Waals surface area (Å²) in [6, 6.07) is 10.6. The second kappa shape index (κ2) is 12.0. The van der Waals surface area contributed by atoms with E-state index < -0.39 is 0 Å². The van der Waals surface area contributed by atoms with Crippen LogP contribution in [-0.2, 0) is 16.1 Å². The van der Waals surface area contributed by atoms with Gasteiger partial charge >= 0.3 is 5.97 Å². The summed E-state index contributed by atoms with van der Waals surface area (Å²) in [5.74, 6) is 0.564. The number of nitrogens with zero attached hydrogens (tertiary/aromatic N) is 2. The van der Waals surface area contributed by atoms with Gasteiger partial charge < -0.3 is 15.0 Å². The van der Waals surface area contributed by atoms with Gasteiger partial charge in [-0.05, 0) is 32.0 Å². The van der Waals surface area contributed by atoms with Gasteiger partial charge in [0.2, 0.25) is 0 Å². The van der Waals surface area contributed by atoms with Crippen molar-refractivity contribution in [2.24, 2.45) is 4.99 Å². The molecular formula is C21H31N3O2. The Hall–Kier alpha value is -2.40. The second-order valence-corrected chi connectivity index (χ2v) is 6.35. The zero-order chi connectivity index (χ0) is 19.4. The summed E-state index contributed by atoms with van der Waals surface area (Å²) >= 11 is 0. The molecule has 1 N–H and O–H groups in total. The Bertz CT molecular complexity index is 636. The van der Waals surface area contributed by atoms with Crippen molar-refractivity contribution in [1.82, 2.24) is 10.2 Å². The molecule has 0 radical (unpaired) electrons. The van der Waals surface area contributed by atoms with Crippen LogP contribution in [0, 0.1) is 0 Å². The van der Waals surface area contributed by atoms with Gasteiger partial charge in [-0.2, -0.15) is 0 Å². The van der Waals surface area contributed by atoms with Crippen molar-refractivity contribution in [1.29, 1.82) is 0 Å². The monoisotopic (exact) mass is 357 g/mol. The fraction of sp³-hybridized carbons (Fsp3) is 0.429. The summed E-state index contributed by atoms with van der Waals surface area (Å²) in [4.78, 5) is 18.1. The fourth-order valence-corrected chi connectivity index (χ4v) is 2.46. The fourth-order valence-electron chi connectivity index (χ4n) is 2.46. The van der Waals surface area contributed by atoms with E-state index in [1.54, 1.807) is 6.08 Å². The Labute approximate surface area is 157 Å². The van der Waals surface area contributed by atoms with Crippen molar-refractivity contribution in [3.8, 4) is 0 Å². The van der Waals surface area contributed by atoms with Gasteiger partial charge in [0.15, 0.2) is 0 Å². The number of rotatable bonds is 9. The average molecular weight is 357 g/mol. The van der Waals surface area contributed by atoms with Gasteiger partial charge in [-0.3, -0.25) is 4.99 Å². The van der Waals surface area contributed by atoms with Gasteiger partial charge in [0.25, 0.3) is 0 Å². The first-order chi connectivity index (χ1) is 12.4. The van der Waals surface area contributed by atoms with Crippen LogP contribution in [-0.4, -0.2) is 43.4 Å². The Kier molecular flexibility index (Phi) is 10.0. The molecule has 0 aliphatic carbocycles. The third-order valence-corrected chi connectivity index (χ3v) is 3.73. The highest BCUT2D eigenvalue weighted by Gasteiger charge is 2.07. The van der Waals surface area contributed by atoms with E-state index >= 15 is 0 Å². The number of benzene rings is 1.